The van der Waals surface area contributed by atoms with Gasteiger partial charge in [0, 0.05) is 25.7 Å². The van der Waals surface area contributed by atoms with E-state index < -0.39 is 0 Å². The van der Waals surface area contributed by atoms with Crippen LogP contribution in [0.2, 0.25) is 0 Å². The fraction of sp³-hybridized carbons (Fsp3) is 1.00. The normalized spacial score (nSPS) is 26.5. The highest BCUT2D eigenvalue weighted by atomic mass is 15.3. The Hall–Kier alpha value is -0.120. The molecule has 0 aromatic carbocycles. The SMILES string of the molecule is CCCN1CCN(C)C(CCN)C1. The molecule has 0 aliphatic carbocycles. The number of piperazine rings is 1. The van der Waals surface area contributed by atoms with E-state index in [1.54, 1.807) is 0 Å². The number of hydrogen-bond donors (Lipinski definition) is 1. The first-order valence-electron chi connectivity index (χ1n) is 5.40. The molecule has 0 aromatic heterocycles. The van der Waals surface area contributed by atoms with E-state index in [-0.39, 0.29) is 0 Å². The van der Waals surface area contributed by atoms with Crippen LogP contribution in [0.15, 0.2) is 0 Å². The Kier molecular flexibility index (Phi) is 4.70. The predicted octanol–water partition coefficient (Wildman–Crippen LogP) is 0.361. The molecule has 1 saturated heterocycles. The van der Waals surface area contributed by atoms with E-state index >= 15 is 0 Å². The van der Waals surface area contributed by atoms with Crippen LogP contribution in [-0.2, 0) is 0 Å². The standard InChI is InChI=1S/C10H23N3/c1-3-6-13-8-7-12(2)10(9-13)4-5-11/h10H,3-9,11H2,1-2H3. The van der Waals surface area contributed by atoms with E-state index in [1.165, 1.54) is 32.6 Å². The van der Waals surface area contributed by atoms with Gasteiger partial charge in [-0.1, -0.05) is 6.92 Å². The van der Waals surface area contributed by atoms with Gasteiger partial charge in [0.2, 0.25) is 0 Å². The number of nitrogens with two attached hydrogens (primary N) is 1. The van der Waals surface area contributed by atoms with Gasteiger partial charge in [-0.25, -0.2) is 0 Å². The maximum atomic E-state index is 5.60. The lowest BCUT2D eigenvalue weighted by atomic mass is 10.1. The Labute approximate surface area is 81.9 Å². The van der Waals surface area contributed by atoms with E-state index in [9.17, 15) is 0 Å². The molecule has 0 radical (unpaired) electrons. The van der Waals surface area contributed by atoms with Crippen LogP contribution < -0.4 is 5.73 Å². The van der Waals surface area contributed by atoms with Crippen molar-refractivity contribution in [3.8, 4) is 0 Å². The molecule has 78 valence electrons. The van der Waals surface area contributed by atoms with Crippen LogP contribution in [0.4, 0.5) is 0 Å². The fourth-order valence-corrected chi connectivity index (χ4v) is 2.03. The molecule has 1 aliphatic heterocycles. The van der Waals surface area contributed by atoms with Crippen molar-refractivity contribution in [1.82, 2.24) is 9.80 Å². The van der Waals surface area contributed by atoms with Gasteiger partial charge in [0.05, 0.1) is 0 Å². The minimum Gasteiger partial charge on any atom is -0.330 e. The molecule has 1 atom stereocenters. The highest BCUT2D eigenvalue weighted by Crippen LogP contribution is 2.10. The summed E-state index contributed by atoms with van der Waals surface area (Å²) in [7, 11) is 2.21. The average molecular weight is 185 g/mol. The Morgan fingerprint density at radius 1 is 1.38 bits per heavy atom. The number of likely N-dealkylation sites (N-methyl/N-ethyl adjacent to an activating group) is 1. The van der Waals surface area contributed by atoms with E-state index in [4.69, 9.17) is 5.73 Å². The van der Waals surface area contributed by atoms with E-state index in [2.05, 4.69) is 23.8 Å². The predicted molar refractivity (Wildman–Crippen MR) is 56.8 cm³/mol. The quantitative estimate of drug-likeness (QED) is 0.686. The van der Waals surface area contributed by atoms with Gasteiger partial charge in [0.25, 0.3) is 0 Å². The largest absolute Gasteiger partial charge is 0.330 e. The second-order valence-electron chi connectivity index (χ2n) is 4.01. The van der Waals surface area contributed by atoms with Gasteiger partial charge in [0.15, 0.2) is 0 Å². The molecule has 1 rings (SSSR count). The summed E-state index contributed by atoms with van der Waals surface area (Å²) < 4.78 is 0. The zero-order valence-corrected chi connectivity index (χ0v) is 9.00. The van der Waals surface area contributed by atoms with Gasteiger partial charge in [-0.3, -0.25) is 0 Å². The first kappa shape index (κ1) is 11.0. The molecule has 3 heteroatoms. The third-order valence-electron chi connectivity index (χ3n) is 2.90. The fourth-order valence-electron chi connectivity index (χ4n) is 2.03. The van der Waals surface area contributed by atoms with Crippen molar-refractivity contribution in [2.75, 3.05) is 39.8 Å². The van der Waals surface area contributed by atoms with Crippen LogP contribution in [0, 0.1) is 0 Å². The average Bonchev–Trinajstić information content (AvgIpc) is 2.12. The van der Waals surface area contributed by atoms with Gasteiger partial charge in [0.1, 0.15) is 0 Å². The molecule has 1 fully saturated rings. The van der Waals surface area contributed by atoms with Crippen molar-refractivity contribution >= 4 is 0 Å². The molecule has 2 N–H and O–H groups in total. The van der Waals surface area contributed by atoms with Crippen LogP contribution >= 0.6 is 0 Å². The first-order chi connectivity index (χ1) is 6.27. The number of nitrogens with zero attached hydrogens (tertiary/aromatic N) is 2. The molecule has 0 aromatic rings. The van der Waals surface area contributed by atoms with Gasteiger partial charge >= 0.3 is 0 Å². The summed E-state index contributed by atoms with van der Waals surface area (Å²) in [6.45, 7) is 7.94. The minimum absolute atomic E-state index is 0.685. The van der Waals surface area contributed by atoms with Crippen molar-refractivity contribution in [2.45, 2.75) is 25.8 Å². The monoisotopic (exact) mass is 185 g/mol. The lowest BCUT2D eigenvalue weighted by Gasteiger charge is -2.39. The third-order valence-corrected chi connectivity index (χ3v) is 2.90. The number of rotatable bonds is 4. The second-order valence-corrected chi connectivity index (χ2v) is 4.01. The second kappa shape index (κ2) is 5.58. The van der Waals surface area contributed by atoms with Gasteiger partial charge in [-0.2, -0.15) is 0 Å². The van der Waals surface area contributed by atoms with Crippen molar-refractivity contribution in [2.24, 2.45) is 5.73 Å². The molecule has 0 saturated carbocycles. The van der Waals surface area contributed by atoms with Gasteiger partial charge < -0.3 is 15.5 Å². The Balaban J connectivity index is 2.33. The molecule has 0 amide bonds. The summed E-state index contributed by atoms with van der Waals surface area (Å²) in [6, 6.07) is 0.685. The summed E-state index contributed by atoms with van der Waals surface area (Å²) in [5, 5.41) is 0. The molecule has 3 nitrogen and oxygen atoms in total. The number of hydrogen-bond acceptors (Lipinski definition) is 3. The van der Waals surface area contributed by atoms with Crippen LogP contribution in [-0.4, -0.2) is 55.6 Å². The molecule has 1 heterocycles. The highest BCUT2D eigenvalue weighted by molar-refractivity contribution is 4.79. The zero-order chi connectivity index (χ0) is 9.68. The lowest BCUT2D eigenvalue weighted by Crippen LogP contribution is -2.52. The zero-order valence-electron chi connectivity index (χ0n) is 9.00. The summed E-state index contributed by atoms with van der Waals surface area (Å²) in [4.78, 5) is 5.00. The van der Waals surface area contributed by atoms with E-state index in [0.717, 1.165) is 13.0 Å². The summed E-state index contributed by atoms with van der Waals surface area (Å²) >= 11 is 0. The summed E-state index contributed by atoms with van der Waals surface area (Å²) in [5.41, 5.74) is 5.60. The molecule has 13 heavy (non-hydrogen) atoms. The summed E-state index contributed by atoms with van der Waals surface area (Å²) in [6.07, 6.45) is 2.40. The molecular weight excluding hydrogens is 162 g/mol. The molecule has 0 spiro atoms. The van der Waals surface area contributed by atoms with Crippen LogP contribution in [0.3, 0.4) is 0 Å². The van der Waals surface area contributed by atoms with E-state index in [0.29, 0.717) is 6.04 Å². The molecule has 1 unspecified atom stereocenters. The van der Waals surface area contributed by atoms with Gasteiger partial charge in [-0.15, -0.1) is 0 Å². The van der Waals surface area contributed by atoms with Crippen molar-refractivity contribution in [3.05, 3.63) is 0 Å². The Morgan fingerprint density at radius 2 is 2.15 bits per heavy atom. The van der Waals surface area contributed by atoms with E-state index in [1.807, 2.05) is 0 Å². The third kappa shape index (κ3) is 3.25. The topological polar surface area (TPSA) is 32.5 Å². The van der Waals surface area contributed by atoms with Gasteiger partial charge in [-0.05, 0) is 33.0 Å². The molecule has 0 bridgehead atoms. The minimum atomic E-state index is 0.685. The molecular formula is C10H23N3. The maximum Gasteiger partial charge on any atom is 0.0232 e. The van der Waals surface area contributed by atoms with Crippen molar-refractivity contribution in [3.63, 3.8) is 0 Å². The maximum absolute atomic E-state index is 5.60. The Morgan fingerprint density at radius 3 is 2.77 bits per heavy atom. The van der Waals surface area contributed by atoms with Crippen molar-refractivity contribution in [1.29, 1.82) is 0 Å². The van der Waals surface area contributed by atoms with Crippen LogP contribution in [0.25, 0.3) is 0 Å². The Bertz CT molecular complexity index is 138. The summed E-state index contributed by atoms with van der Waals surface area (Å²) in [5.74, 6) is 0. The lowest BCUT2D eigenvalue weighted by molar-refractivity contribution is 0.0920. The van der Waals surface area contributed by atoms with Crippen LogP contribution in [0.5, 0.6) is 0 Å². The highest BCUT2D eigenvalue weighted by Gasteiger charge is 2.22. The smallest absolute Gasteiger partial charge is 0.0232 e. The van der Waals surface area contributed by atoms with Crippen LogP contribution in [0.1, 0.15) is 19.8 Å². The van der Waals surface area contributed by atoms with Crippen molar-refractivity contribution < 1.29 is 0 Å². The first-order valence-corrected chi connectivity index (χ1v) is 5.40. The molecule has 1 aliphatic rings.